The van der Waals surface area contributed by atoms with Crippen LogP contribution >= 0.6 is 0 Å². The fourth-order valence-corrected chi connectivity index (χ4v) is 3.87. The maximum Gasteiger partial charge on any atom is 0.421 e. The molecule has 3 aromatic rings. The van der Waals surface area contributed by atoms with Crippen molar-refractivity contribution in [3.05, 3.63) is 64.8 Å². The summed E-state index contributed by atoms with van der Waals surface area (Å²) < 4.78 is 60.0. The number of carbonyl (C=O) groups excluding carboxylic acids is 1. The molecule has 3 N–H and O–H groups in total. The van der Waals surface area contributed by atoms with Crippen LogP contribution in [0.2, 0.25) is 0 Å². The highest BCUT2D eigenvalue weighted by molar-refractivity contribution is 7.85. The molecule has 3 rings (SSSR count). The molecule has 0 aliphatic carbocycles. The van der Waals surface area contributed by atoms with Gasteiger partial charge in [0.15, 0.2) is 0 Å². The Morgan fingerprint density at radius 1 is 1.19 bits per heavy atom. The first kappa shape index (κ1) is 27.7. The Morgan fingerprint density at radius 2 is 1.92 bits per heavy atom. The Hall–Kier alpha value is -3.87. The van der Waals surface area contributed by atoms with E-state index in [1.807, 2.05) is 19.1 Å². The summed E-state index contributed by atoms with van der Waals surface area (Å²) in [6.07, 6.45) is -2.50. The van der Waals surface area contributed by atoms with Crippen molar-refractivity contribution in [2.45, 2.75) is 19.6 Å². The van der Waals surface area contributed by atoms with E-state index in [9.17, 15) is 22.2 Å². The second-order valence-electron chi connectivity index (χ2n) is 7.98. The third-order valence-corrected chi connectivity index (χ3v) is 6.41. The minimum Gasteiger partial charge on any atom is -0.495 e. The standard InChI is InChI=1S/C24H27F3N6O3S/c1-14-6-7-16(19(10-14)33(3)37(5)35)12-29-21-17(24(25,26)27)13-30-23(32-21)31-18-9-8-15(22(34)28-2)11-20(18)36-4/h6-11,13H,12H2,1-5H3,(H,28,34)(H2,29,30,31,32). The molecule has 0 fully saturated rings. The van der Waals surface area contributed by atoms with Crippen molar-refractivity contribution in [1.29, 1.82) is 0 Å². The number of carbonyl (C=O) groups is 1. The molecule has 1 heterocycles. The largest absolute Gasteiger partial charge is 0.495 e. The van der Waals surface area contributed by atoms with Gasteiger partial charge in [0, 0.05) is 38.7 Å². The smallest absolute Gasteiger partial charge is 0.421 e. The lowest BCUT2D eigenvalue weighted by atomic mass is 10.1. The number of aryl methyl sites for hydroxylation is 1. The number of alkyl halides is 3. The molecule has 0 bridgehead atoms. The van der Waals surface area contributed by atoms with Crippen LogP contribution in [0.4, 0.5) is 36.3 Å². The molecule has 0 spiro atoms. The third-order valence-electron chi connectivity index (χ3n) is 5.44. The van der Waals surface area contributed by atoms with Crippen LogP contribution in [0.3, 0.4) is 0 Å². The predicted octanol–water partition coefficient (Wildman–Crippen LogP) is 4.26. The maximum atomic E-state index is 13.7. The molecular weight excluding hydrogens is 509 g/mol. The molecule has 2 aromatic carbocycles. The normalized spacial score (nSPS) is 12.0. The second kappa shape index (κ2) is 11.5. The van der Waals surface area contributed by atoms with Crippen LogP contribution in [0.1, 0.15) is 27.0 Å². The molecule has 0 aliphatic rings. The SMILES string of the molecule is CNC(=O)c1ccc(Nc2ncc(C(F)(F)F)c(NCc3ccc(C)cc3N(C)S(C)=O)n2)c(OC)c1. The van der Waals surface area contributed by atoms with Gasteiger partial charge < -0.3 is 20.7 Å². The van der Waals surface area contributed by atoms with Crippen molar-refractivity contribution in [3.63, 3.8) is 0 Å². The highest BCUT2D eigenvalue weighted by Crippen LogP contribution is 2.35. The second-order valence-corrected chi connectivity index (χ2v) is 9.38. The van der Waals surface area contributed by atoms with Crippen LogP contribution in [0.5, 0.6) is 5.75 Å². The molecule has 13 heteroatoms. The molecule has 9 nitrogen and oxygen atoms in total. The van der Waals surface area contributed by atoms with Gasteiger partial charge in [-0.1, -0.05) is 12.1 Å². The Kier molecular flexibility index (Phi) is 8.58. The number of benzene rings is 2. The van der Waals surface area contributed by atoms with Crippen molar-refractivity contribution < 1.29 is 26.9 Å². The van der Waals surface area contributed by atoms with E-state index in [1.54, 1.807) is 13.1 Å². The number of nitrogens with one attached hydrogen (secondary N) is 3. The number of ether oxygens (including phenoxy) is 1. The van der Waals surface area contributed by atoms with Gasteiger partial charge in [-0.2, -0.15) is 18.2 Å². The fourth-order valence-electron chi connectivity index (χ4n) is 3.42. The summed E-state index contributed by atoms with van der Waals surface area (Å²) in [5.74, 6) is -0.593. The summed E-state index contributed by atoms with van der Waals surface area (Å²) in [6, 6.07) is 9.94. The van der Waals surface area contributed by atoms with Crippen molar-refractivity contribution in [3.8, 4) is 5.75 Å². The molecule has 0 saturated carbocycles. The van der Waals surface area contributed by atoms with E-state index in [4.69, 9.17) is 4.74 Å². The van der Waals surface area contributed by atoms with E-state index in [-0.39, 0.29) is 24.1 Å². The zero-order valence-corrected chi connectivity index (χ0v) is 21.7. The van der Waals surface area contributed by atoms with Crippen LogP contribution in [-0.4, -0.2) is 47.5 Å². The number of nitrogens with zero attached hydrogens (tertiary/aromatic N) is 3. The number of hydrogen-bond donors (Lipinski definition) is 3. The van der Waals surface area contributed by atoms with Crippen molar-refractivity contribution >= 4 is 40.0 Å². The summed E-state index contributed by atoms with van der Waals surface area (Å²) in [5, 5.41) is 8.10. The van der Waals surface area contributed by atoms with E-state index in [0.717, 1.165) is 5.56 Å². The Balaban J connectivity index is 1.94. The molecular formula is C24H27F3N6O3S. The van der Waals surface area contributed by atoms with E-state index in [1.165, 1.54) is 42.9 Å². The van der Waals surface area contributed by atoms with Gasteiger partial charge in [0.1, 0.15) is 28.1 Å². The minimum atomic E-state index is -4.70. The molecule has 1 atom stereocenters. The molecule has 0 radical (unpaired) electrons. The lowest BCUT2D eigenvalue weighted by molar-refractivity contribution is -0.137. The molecule has 37 heavy (non-hydrogen) atoms. The van der Waals surface area contributed by atoms with Crippen LogP contribution in [-0.2, 0) is 23.7 Å². The predicted molar refractivity (Wildman–Crippen MR) is 138 cm³/mol. The van der Waals surface area contributed by atoms with Gasteiger partial charge in [-0.3, -0.25) is 9.10 Å². The summed E-state index contributed by atoms with van der Waals surface area (Å²) in [7, 11) is 3.20. The lowest BCUT2D eigenvalue weighted by Gasteiger charge is -2.21. The average Bonchev–Trinajstić information content (AvgIpc) is 2.86. The molecule has 1 amide bonds. The lowest BCUT2D eigenvalue weighted by Crippen LogP contribution is -2.21. The minimum absolute atomic E-state index is 0.0131. The first-order valence-corrected chi connectivity index (χ1v) is 12.5. The van der Waals surface area contributed by atoms with Gasteiger partial charge in [0.05, 0.1) is 18.5 Å². The van der Waals surface area contributed by atoms with E-state index in [2.05, 4.69) is 25.9 Å². The molecule has 0 saturated heterocycles. The number of rotatable bonds is 9. The van der Waals surface area contributed by atoms with Crippen molar-refractivity contribution in [2.75, 3.05) is 42.4 Å². The fraction of sp³-hybridized carbons (Fsp3) is 0.292. The Labute approximate surface area is 215 Å². The molecule has 0 aliphatic heterocycles. The number of methoxy groups -OCH3 is 1. The Bertz CT molecular complexity index is 1320. The van der Waals surface area contributed by atoms with Gasteiger partial charge in [0.25, 0.3) is 5.91 Å². The number of hydrogen-bond acceptors (Lipinski definition) is 7. The third kappa shape index (κ3) is 6.67. The highest BCUT2D eigenvalue weighted by atomic mass is 32.2. The maximum absolute atomic E-state index is 13.7. The van der Waals surface area contributed by atoms with Gasteiger partial charge in [-0.15, -0.1) is 0 Å². The number of anilines is 4. The van der Waals surface area contributed by atoms with Crippen LogP contribution in [0.25, 0.3) is 0 Å². The van der Waals surface area contributed by atoms with Crippen LogP contribution < -0.4 is 25.0 Å². The summed E-state index contributed by atoms with van der Waals surface area (Å²) in [5.41, 5.74) is 1.82. The van der Waals surface area contributed by atoms with E-state index < -0.39 is 28.5 Å². The zero-order chi connectivity index (χ0) is 27.3. The van der Waals surface area contributed by atoms with Gasteiger partial charge in [0.2, 0.25) is 5.95 Å². The van der Waals surface area contributed by atoms with Gasteiger partial charge in [-0.05, 0) is 42.3 Å². The highest BCUT2D eigenvalue weighted by Gasteiger charge is 2.35. The van der Waals surface area contributed by atoms with Crippen LogP contribution in [0, 0.1) is 6.92 Å². The zero-order valence-electron chi connectivity index (χ0n) is 20.9. The van der Waals surface area contributed by atoms with E-state index in [0.29, 0.717) is 28.7 Å². The van der Waals surface area contributed by atoms with Crippen LogP contribution in [0.15, 0.2) is 42.6 Å². The van der Waals surface area contributed by atoms with Gasteiger partial charge in [-0.25, -0.2) is 9.19 Å². The van der Waals surface area contributed by atoms with Crippen molar-refractivity contribution in [2.24, 2.45) is 0 Å². The average molecular weight is 537 g/mol. The number of halogens is 3. The molecule has 1 aromatic heterocycles. The first-order valence-electron chi connectivity index (χ1n) is 11.0. The Morgan fingerprint density at radius 3 is 2.54 bits per heavy atom. The summed E-state index contributed by atoms with van der Waals surface area (Å²) in [6.45, 7) is 1.85. The monoisotopic (exact) mass is 536 g/mol. The summed E-state index contributed by atoms with van der Waals surface area (Å²) in [4.78, 5) is 19.8. The van der Waals surface area contributed by atoms with Gasteiger partial charge >= 0.3 is 6.18 Å². The van der Waals surface area contributed by atoms with E-state index >= 15 is 0 Å². The number of amides is 1. The molecule has 1 unspecified atom stereocenters. The first-order chi connectivity index (χ1) is 17.4. The molecule has 198 valence electrons. The van der Waals surface area contributed by atoms with Crippen molar-refractivity contribution in [1.82, 2.24) is 15.3 Å². The summed E-state index contributed by atoms with van der Waals surface area (Å²) >= 11 is 0. The topological polar surface area (TPSA) is 108 Å². The number of aromatic nitrogens is 2. The quantitative estimate of drug-likeness (QED) is 0.375.